The summed E-state index contributed by atoms with van der Waals surface area (Å²) in [5, 5.41) is 9.32. The Kier molecular flexibility index (Phi) is 2.00. The highest BCUT2D eigenvalue weighted by atomic mass is 16.4. The Morgan fingerprint density at radius 3 is 2.80 bits per heavy atom. The van der Waals surface area contributed by atoms with E-state index >= 15 is 0 Å². The first-order valence-corrected chi connectivity index (χ1v) is 4.31. The lowest BCUT2D eigenvalue weighted by Gasteiger charge is -1.95. The number of hydrogen-bond donors (Lipinski definition) is 2. The number of nitrogens with zero attached hydrogens (tertiary/aromatic N) is 1. The van der Waals surface area contributed by atoms with Crippen molar-refractivity contribution in [3.63, 3.8) is 0 Å². The minimum Gasteiger partial charge on any atom is -0.478 e. The van der Waals surface area contributed by atoms with Crippen molar-refractivity contribution in [2.75, 3.05) is 0 Å². The van der Waals surface area contributed by atoms with Crippen LogP contribution in [0.25, 0.3) is 11.0 Å². The Balaban J connectivity index is 2.72. The van der Waals surface area contributed by atoms with Crippen molar-refractivity contribution < 1.29 is 14.7 Å². The van der Waals surface area contributed by atoms with Gasteiger partial charge in [-0.3, -0.25) is 4.79 Å². The summed E-state index contributed by atoms with van der Waals surface area (Å²) < 4.78 is 0. The van der Waals surface area contributed by atoms with Crippen LogP contribution in [-0.4, -0.2) is 26.8 Å². The van der Waals surface area contributed by atoms with Crippen LogP contribution in [-0.2, 0) is 0 Å². The number of carboxylic acid groups (broad SMARTS) is 1. The molecule has 0 aromatic carbocycles. The lowest BCUT2D eigenvalue weighted by Crippen LogP contribution is -1.97. The van der Waals surface area contributed by atoms with Crippen LogP contribution in [0.2, 0.25) is 0 Å². The van der Waals surface area contributed by atoms with E-state index in [1.54, 1.807) is 0 Å². The average Bonchev–Trinajstić information content (AvgIpc) is 2.59. The van der Waals surface area contributed by atoms with E-state index < -0.39 is 5.97 Å². The third-order valence-electron chi connectivity index (χ3n) is 2.16. The van der Waals surface area contributed by atoms with Crippen LogP contribution in [0.3, 0.4) is 0 Å². The minimum absolute atomic E-state index is 0.0737. The second-order valence-electron chi connectivity index (χ2n) is 3.18. The molecule has 0 aliphatic rings. The number of aromatic nitrogens is 2. The normalized spacial score (nSPS) is 10.5. The summed E-state index contributed by atoms with van der Waals surface area (Å²) in [6.07, 6.45) is 2.79. The molecule has 0 aliphatic heterocycles. The molecule has 0 atom stereocenters. The summed E-state index contributed by atoms with van der Waals surface area (Å²) in [7, 11) is 0. The predicted octanol–water partition coefficient (Wildman–Crippen LogP) is 1.46. The van der Waals surface area contributed by atoms with E-state index in [1.165, 1.54) is 25.4 Å². The van der Waals surface area contributed by atoms with Gasteiger partial charge in [-0.2, -0.15) is 0 Å². The van der Waals surface area contributed by atoms with E-state index in [-0.39, 0.29) is 11.3 Å². The second-order valence-corrected chi connectivity index (χ2v) is 3.18. The zero-order valence-corrected chi connectivity index (χ0v) is 7.94. The summed E-state index contributed by atoms with van der Waals surface area (Å²) in [5.41, 5.74) is 1.05. The molecule has 5 nitrogen and oxygen atoms in total. The fourth-order valence-electron chi connectivity index (χ4n) is 1.41. The van der Waals surface area contributed by atoms with Gasteiger partial charge in [0.05, 0.1) is 5.56 Å². The summed E-state index contributed by atoms with van der Waals surface area (Å²) in [6, 6.07) is 1.44. The van der Waals surface area contributed by atoms with Crippen molar-refractivity contribution in [2.24, 2.45) is 0 Å². The van der Waals surface area contributed by atoms with E-state index in [1.807, 2.05) is 0 Å². The van der Waals surface area contributed by atoms with Crippen LogP contribution < -0.4 is 0 Å². The number of carbonyl (C=O) groups excluding carboxylic acids is 1. The Morgan fingerprint density at radius 1 is 1.47 bits per heavy atom. The molecule has 2 rings (SSSR count). The Labute approximate surface area is 84.8 Å². The fourth-order valence-corrected chi connectivity index (χ4v) is 1.41. The maximum atomic E-state index is 11.2. The smallest absolute Gasteiger partial charge is 0.337 e. The number of aromatic amines is 1. The highest BCUT2D eigenvalue weighted by molar-refractivity contribution is 6.07. The van der Waals surface area contributed by atoms with E-state index in [4.69, 9.17) is 5.11 Å². The number of ketones is 1. The highest BCUT2D eigenvalue weighted by Gasteiger charge is 2.11. The minimum atomic E-state index is -1.06. The molecule has 2 aromatic heterocycles. The lowest BCUT2D eigenvalue weighted by atomic mass is 10.1. The number of Topliss-reactive ketones (excluding diaryl/α,β-unsaturated/α-hetero) is 1. The van der Waals surface area contributed by atoms with Crippen molar-refractivity contribution in [1.82, 2.24) is 9.97 Å². The van der Waals surface area contributed by atoms with Gasteiger partial charge in [0, 0.05) is 23.3 Å². The summed E-state index contributed by atoms with van der Waals surface area (Å²) in [5.74, 6) is -1.18. The summed E-state index contributed by atoms with van der Waals surface area (Å²) in [6.45, 7) is 1.43. The zero-order valence-electron chi connectivity index (χ0n) is 7.94. The molecule has 0 bridgehead atoms. The van der Waals surface area contributed by atoms with E-state index in [2.05, 4.69) is 9.97 Å². The molecule has 0 saturated heterocycles. The van der Waals surface area contributed by atoms with E-state index in [0.29, 0.717) is 16.6 Å². The number of aromatic carboxylic acids is 1. The van der Waals surface area contributed by atoms with Crippen molar-refractivity contribution in [3.8, 4) is 0 Å². The number of carbonyl (C=O) groups is 2. The third-order valence-corrected chi connectivity index (χ3v) is 2.16. The molecule has 76 valence electrons. The van der Waals surface area contributed by atoms with Crippen LogP contribution in [0, 0.1) is 0 Å². The number of carboxylic acids is 1. The maximum Gasteiger partial charge on any atom is 0.337 e. The number of H-pyrrole nitrogens is 1. The number of fused-ring (bicyclic) bond motifs is 1. The lowest BCUT2D eigenvalue weighted by molar-refractivity contribution is 0.0696. The van der Waals surface area contributed by atoms with E-state index in [9.17, 15) is 9.59 Å². The van der Waals surface area contributed by atoms with Crippen LogP contribution in [0.1, 0.15) is 27.6 Å². The first-order chi connectivity index (χ1) is 7.09. The second kappa shape index (κ2) is 3.20. The molecule has 5 heteroatoms. The summed E-state index contributed by atoms with van der Waals surface area (Å²) in [4.78, 5) is 28.6. The van der Waals surface area contributed by atoms with Gasteiger partial charge in [0.2, 0.25) is 0 Å². The SMILES string of the molecule is CC(=O)c1c[nH]c2ncc(C(=O)O)cc12. The molecule has 0 fully saturated rings. The van der Waals surface area contributed by atoms with Gasteiger partial charge in [0.1, 0.15) is 5.65 Å². The van der Waals surface area contributed by atoms with Crippen LogP contribution in [0.5, 0.6) is 0 Å². The van der Waals surface area contributed by atoms with Crippen LogP contribution in [0.15, 0.2) is 18.5 Å². The Morgan fingerprint density at radius 2 is 2.20 bits per heavy atom. The van der Waals surface area contributed by atoms with Gasteiger partial charge in [-0.25, -0.2) is 9.78 Å². The molecule has 0 spiro atoms. The van der Waals surface area contributed by atoms with Crippen molar-refractivity contribution >= 4 is 22.8 Å². The van der Waals surface area contributed by atoms with Crippen molar-refractivity contribution in [3.05, 3.63) is 29.6 Å². The van der Waals surface area contributed by atoms with Crippen molar-refractivity contribution in [1.29, 1.82) is 0 Å². The summed E-state index contributed by atoms with van der Waals surface area (Å²) >= 11 is 0. The molecule has 0 aliphatic carbocycles. The zero-order chi connectivity index (χ0) is 11.0. The molecular formula is C10H8N2O3. The molecule has 0 radical (unpaired) electrons. The largest absolute Gasteiger partial charge is 0.478 e. The van der Waals surface area contributed by atoms with Gasteiger partial charge in [-0.15, -0.1) is 0 Å². The Bertz CT molecular complexity index is 557. The van der Waals surface area contributed by atoms with Gasteiger partial charge in [-0.1, -0.05) is 0 Å². The first kappa shape index (κ1) is 9.39. The monoisotopic (exact) mass is 204 g/mol. The Hall–Kier alpha value is -2.17. The van der Waals surface area contributed by atoms with Gasteiger partial charge in [-0.05, 0) is 13.0 Å². The number of rotatable bonds is 2. The first-order valence-electron chi connectivity index (χ1n) is 4.31. The average molecular weight is 204 g/mol. The third kappa shape index (κ3) is 1.48. The molecule has 0 saturated carbocycles. The molecule has 2 N–H and O–H groups in total. The van der Waals surface area contributed by atoms with Gasteiger partial charge in [0.15, 0.2) is 5.78 Å². The van der Waals surface area contributed by atoms with Gasteiger partial charge in [0.25, 0.3) is 0 Å². The molecular weight excluding hydrogens is 196 g/mol. The predicted molar refractivity (Wildman–Crippen MR) is 53.1 cm³/mol. The molecule has 15 heavy (non-hydrogen) atoms. The quantitative estimate of drug-likeness (QED) is 0.725. The standard InChI is InChI=1S/C10H8N2O3/c1-5(13)8-4-12-9-7(8)2-6(3-11-9)10(14)15/h2-4H,1H3,(H,11,12)(H,14,15). The fraction of sp³-hybridized carbons (Fsp3) is 0.100. The number of nitrogens with one attached hydrogen (secondary N) is 1. The van der Waals surface area contributed by atoms with Crippen LogP contribution >= 0.6 is 0 Å². The topological polar surface area (TPSA) is 83.0 Å². The van der Waals surface area contributed by atoms with Gasteiger partial charge < -0.3 is 10.1 Å². The number of hydrogen-bond acceptors (Lipinski definition) is 3. The number of pyridine rings is 1. The van der Waals surface area contributed by atoms with Crippen molar-refractivity contribution in [2.45, 2.75) is 6.92 Å². The molecule has 2 heterocycles. The molecule has 0 amide bonds. The van der Waals surface area contributed by atoms with E-state index in [0.717, 1.165) is 0 Å². The van der Waals surface area contributed by atoms with Crippen LogP contribution in [0.4, 0.5) is 0 Å². The highest BCUT2D eigenvalue weighted by Crippen LogP contribution is 2.18. The molecule has 0 unspecified atom stereocenters. The van der Waals surface area contributed by atoms with Gasteiger partial charge >= 0.3 is 5.97 Å². The maximum absolute atomic E-state index is 11.2. The molecule has 2 aromatic rings.